The third-order valence-electron chi connectivity index (χ3n) is 2.31. The number of rotatable bonds is 4. The van der Waals surface area contributed by atoms with E-state index in [9.17, 15) is 13.2 Å². The molecule has 4 heteroatoms. The van der Waals surface area contributed by atoms with Gasteiger partial charge in [0.25, 0.3) is 0 Å². The van der Waals surface area contributed by atoms with Crippen LogP contribution in [0.2, 0.25) is 0 Å². The average molecular weight is 226 g/mol. The van der Waals surface area contributed by atoms with Crippen LogP contribution in [0.5, 0.6) is 0 Å². The van der Waals surface area contributed by atoms with Crippen LogP contribution in [0.1, 0.15) is 24.8 Å². The lowest BCUT2D eigenvalue weighted by Crippen LogP contribution is -2.00. The van der Waals surface area contributed by atoms with Gasteiger partial charge in [-0.25, -0.2) is 8.42 Å². The minimum Gasteiger partial charge on any atom is -0.303 e. The van der Waals surface area contributed by atoms with Crippen molar-refractivity contribution >= 4 is 16.1 Å². The third-order valence-corrected chi connectivity index (χ3v) is 3.42. The van der Waals surface area contributed by atoms with Gasteiger partial charge in [0.05, 0.1) is 4.90 Å². The van der Waals surface area contributed by atoms with E-state index in [1.54, 1.807) is 18.2 Å². The lowest BCUT2D eigenvalue weighted by molar-refractivity contribution is -0.108. The third kappa shape index (κ3) is 3.16. The number of aldehydes is 1. The lowest BCUT2D eigenvalue weighted by Gasteiger charge is -2.09. The van der Waals surface area contributed by atoms with Gasteiger partial charge < -0.3 is 4.79 Å². The monoisotopic (exact) mass is 226 g/mol. The zero-order valence-corrected chi connectivity index (χ0v) is 9.62. The molecule has 15 heavy (non-hydrogen) atoms. The van der Waals surface area contributed by atoms with Crippen molar-refractivity contribution in [1.82, 2.24) is 0 Å². The van der Waals surface area contributed by atoms with Gasteiger partial charge >= 0.3 is 0 Å². The summed E-state index contributed by atoms with van der Waals surface area (Å²) in [7, 11) is -3.16. The summed E-state index contributed by atoms with van der Waals surface area (Å²) in [5.74, 6) is 0.0594. The minimum absolute atomic E-state index is 0.0594. The molecule has 0 aliphatic carbocycles. The first kappa shape index (κ1) is 11.9. The highest BCUT2D eigenvalue weighted by molar-refractivity contribution is 7.90. The number of benzene rings is 1. The topological polar surface area (TPSA) is 51.2 Å². The van der Waals surface area contributed by atoms with Crippen LogP contribution in [0.4, 0.5) is 0 Å². The normalized spacial score (nSPS) is 13.5. The first-order valence-electron chi connectivity index (χ1n) is 4.69. The standard InChI is InChI=1S/C11H14O3S/c1-9(6-7-12)10-4-3-5-11(8-10)15(2,13)14/h3-5,7-9H,6H2,1-2H3. The summed E-state index contributed by atoms with van der Waals surface area (Å²) in [6.45, 7) is 1.90. The minimum atomic E-state index is -3.16. The van der Waals surface area contributed by atoms with Gasteiger partial charge in [0.1, 0.15) is 6.29 Å². The number of sulfone groups is 1. The molecule has 0 aliphatic heterocycles. The fourth-order valence-electron chi connectivity index (χ4n) is 1.33. The van der Waals surface area contributed by atoms with Crippen molar-refractivity contribution in [3.8, 4) is 0 Å². The average Bonchev–Trinajstić information content (AvgIpc) is 2.17. The summed E-state index contributed by atoms with van der Waals surface area (Å²) >= 11 is 0. The van der Waals surface area contributed by atoms with Crippen LogP contribution in [-0.4, -0.2) is 21.0 Å². The Labute approximate surface area is 90.0 Å². The van der Waals surface area contributed by atoms with E-state index in [1.807, 2.05) is 13.0 Å². The van der Waals surface area contributed by atoms with Gasteiger partial charge in [-0.15, -0.1) is 0 Å². The molecule has 0 fully saturated rings. The summed E-state index contributed by atoms with van der Waals surface area (Å²) in [5.41, 5.74) is 0.880. The van der Waals surface area contributed by atoms with Crippen LogP contribution in [-0.2, 0) is 14.6 Å². The Balaban J connectivity index is 3.08. The molecule has 0 aromatic heterocycles. The molecular weight excluding hydrogens is 212 g/mol. The van der Waals surface area contributed by atoms with Crippen molar-refractivity contribution in [2.24, 2.45) is 0 Å². The summed E-state index contributed by atoms with van der Waals surface area (Å²) in [5, 5.41) is 0. The van der Waals surface area contributed by atoms with Crippen molar-refractivity contribution in [3.05, 3.63) is 29.8 Å². The van der Waals surface area contributed by atoms with E-state index in [-0.39, 0.29) is 5.92 Å². The second-order valence-electron chi connectivity index (χ2n) is 3.65. The Morgan fingerprint density at radius 2 is 2.07 bits per heavy atom. The van der Waals surface area contributed by atoms with Crippen LogP contribution in [0, 0.1) is 0 Å². The predicted octanol–water partition coefficient (Wildman–Crippen LogP) is 1.78. The largest absolute Gasteiger partial charge is 0.303 e. The van der Waals surface area contributed by atoms with E-state index in [2.05, 4.69) is 0 Å². The van der Waals surface area contributed by atoms with Gasteiger partial charge in [-0.05, 0) is 23.6 Å². The molecule has 0 saturated heterocycles. The molecular formula is C11H14O3S. The molecule has 0 saturated carbocycles. The maximum absolute atomic E-state index is 11.3. The van der Waals surface area contributed by atoms with Gasteiger partial charge in [-0.1, -0.05) is 19.1 Å². The SMILES string of the molecule is CC(CC=O)c1cccc(S(C)(=O)=O)c1. The molecule has 0 heterocycles. The molecule has 0 spiro atoms. The van der Waals surface area contributed by atoms with E-state index >= 15 is 0 Å². The molecule has 1 aromatic carbocycles. The highest BCUT2D eigenvalue weighted by Gasteiger charge is 2.10. The summed E-state index contributed by atoms with van der Waals surface area (Å²) in [6, 6.07) is 6.73. The van der Waals surface area contributed by atoms with Crippen molar-refractivity contribution in [3.63, 3.8) is 0 Å². The van der Waals surface area contributed by atoms with Crippen molar-refractivity contribution in [2.45, 2.75) is 24.2 Å². The van der Waals surface area contributed by atoms with Crippen LogP contribution < -0.4 is 0 Å². The van der Waals surface area contributed by atoms with Crippen molar-refractivity contribution < 1.29 is 13.2 Å². The van der Waals surface area contributed by atoms with E-state index in [0.717, 1.165) is 11.8 Å². The molecule has 0 bridgehead atoms. The van der Waals surface area contributed by atoms with Crippen LogP contribution in [0.15, 0.2) is 29.2 Å². The molecule has 0 radical (unpaired) electrons. The van der Waals surface area contributed by atoms with Gasteiger partial charge in [0.2, 0.25) is 0 Å². The molecule has 1 aromatic rings. The quantitative estimate of drug-likeness (QED) is 0.735. The van der Waals surface area contributed by atoms with Gasteiger partial charge in [0.15, 0.2) is 9.84 Å². The molecule has 1 unspecified atom stereocenters. The number of carbonyl (C=O) groups excluding carboxylic acids is 1. The van der Waals surface area contributed by atoms with E-state index in [1.165, 1.54) is 6.26 Å². The number of hydrogen-bond donors (Lipinski definition) is 0. The smallest absolute Gasteiger partial charge is 0.175 e. The molecule has 1 atom stereocenters. The van der Waals surface area contributed by atoms with Gasteiger partial charge in [-0.2, -0.15) is 0 Å². The first-order valence-corrected chi connectivity index (χ1v) is 6.58. The summed E-state index contributed by atoms with van der Waals surface area (Å²) in [4.78, 5) is 10.7. The molecule has 3 nitrogen and oxygen atoms in total. The van der Waals surface area contributed by atoms with Crippen LogP contribution in [0.3, 0.4) is 0 Å². The van der Waals surface area contributed by atoms with E-state index < -0.39 is 9.84 Å². The van der Waals surface area contributed by atoms with E-state index in [4.69, 9.17) is 0 Å². The lowest BCUT2D eigenvalue weighted by atomic mass is 9.99. The maximum Gasteiger partial charge on any atom is 0.175 e. The van der Waals surface area contributed by atoms with E-state index in [0.29, 0.717) is 11.3 Å². The van der Waals surface area contributed by atoms with Crippen LogP contribution in [0.25, 0.3) is 0 Å². The fourth-order valence-corrected chi connectivity index (χ4v) is 2.01. The van der Waals surface area contributed by atoms with Crippen molar-refractivity contribution in [2.75, 3.05) is 6.26 Å². The summed E-state index contributed by atoms with van der Waals surface area (Å²) in [6.07, 6.45) is 2.43. The van der Waals surface area contributed by atoms with Gasteiger partial charge in [-0.3, -0.25) is 0 Å². The Morgan fingerprint density at radius 3 is 2.60 bits per heavy atom. The molecule has 0 amide bonds. The van der Waals surface area contributed by atoms with Gasteiger partial charge in [0, 0.05) is 12.7 Å². The maximum atomic E-state index is 11.3. The second-order valence-corrected chi connectivity index (χ2v) is 5.66. The Morgan fingerprint density at radius 1 is 1.40 bits per heavy atom. The Bertz CT molecular complexity index is 449. The highest BCUT2D eigenvalue weighted by atomic mass is 32.2. The number of hydrogen-bond acceptors (Lipinski definition) is 3. The molecule has 82 valence electrons. The van der Waals surface area contributed by atoms with Crippen LogP contribution >= 0.6 is 0 Å². The predicted molar refractivity (Wildman–Crippen MR) is 58.6 cm³/mol. The zero-order chi connectivity index (χ0) is 11.5. The number of carbonyl (C=O) groups is 1. The Hall–Kier alpha value is -1.16. The zero-order valence-electron chi connectivity index (χ0n) is 8.80. The first-order chi connectivity index (χ1) is 6.95. The Kier molecular flexibility index (Phi) is 3.63. The molecule has 0 N–H and O–H groups in total. The second kappa shape index (κ2) is 4.57. The molecule has 1 rings (SSSR count). The summed E-state index contributed by atoms with van der Waals surface area (Å²) < 4.78 is 22.6. The highest BCUT2D eigenvalue weighted by Crippen LogP contribution is 2.20. The van der Waals surface area contributed by atoms with Crippen molar-refractivity contribution in [1.29, 1.82) is 0 Å². The molecule has 0 aliphatic rings. The fraction of sp³-hybridized carbons (Fsp3) is 0.364.